The maximum Gasteiger partial charge on any atom is 0.135 e. The lowest BCUT2D eigenvalue weighted by atomic mass is 10.0. The molecule has 5 heteroatoms. The Morgan fingerprint density at radius 3 is 2.21 bits per heavy atom. The lowest BCUT2D eigenvalue weighted by Crippen LogP contribution is -1.98. The van der Waals surface area contributed by atoms with Gasteiger partial charge in [-0.2, -0.15) is 10.2 Å². The van der Waals surface area contributed by atoms with Crippen molar-refractivity contribution in [3.05, 3.63) is 69.7 Å². The Kier molecular flexibility index (Phi) is 7.07. The van der Waals surface area contributed by atoms with Gasteiger partial charge in [-0.1, -0.05) is 43.5 Å². The van der Waals surface area contributed by atoms with Crippen LogP contribution < -0.4 is 0 Å². The van der Waals surface area contributed by atoms with Crippen molar-refractivity contribution in [1.29, 1.82) is 0 Å². The van der Waals surface area contributed by atoms with Crippen LogP contribution in [0.25, 0.3) is 0 Å². The van der Waals surface area contributed by atoms with E-state index in [0.717, 1.165) is 31.0 Å². The first-order valence-corrected chi connectivity index (χ1v) is 8.28. The van der Waals surface area contributed by atoms with Crippen LogP contribution in [-0.4, -0.2) is 12.4 Å². The van der Waals surface area contributed by atoms with Crippen molar-refractivity contribution in [2.45, 2.75) is 32.6 Å². The molecule has 0 spiro atoms. The summed E-state index contributed by atoms with van der Waals surface area (Å²) in [7, 11) is 0. The molecule has 0 bridgehead atoms. The van der Waals surface area contributed by atoms with Crippen LogP contribution in [0, 0.1) is 11.6 Å². The van der Waals surface area contributed by atoms with E-state index in [1.54, 1.807) is 24.3 Å². The Balaban J connectivity index is 2.04. The highest BCUT2D eigenvalue weighted by atomic mass is 35.5. The van der Waals surface area contributed by atoms with Crippen LogP contribution >= 0.6 is 11.6 Å². The predicted octanol–water partition coefficient (Wildman–Crippen LogP) is 5.80. The van der Waals surface area contributed by atoms with Crippen LogP contribution in [0.15, 0.2) is 46.6 Å². The maximum atomic E-state index is 14.0. The third kappa shape index (κ3) is 5.53. The Morgan fingerprint density at radius 1 is 0.958 bits per heavy atom. The topological polar surface area (TPSA) is 24.7 Å². The third-order valence-electron chi connectivity index (χ3n) is 3.54. The molecule has 0 N–H and O–H groups in total. The summed E-state index contributed by atoms with van der Waals surface area (Å²) < 4.78 is 28.0. The summed E-state index contributed by atoms with van der Waals surface area (Å²) in [4.78, 5) is 0. The summed E-state index contributed by atoms with van der Waals surface area (Å²) in [6.45, 7) is 2.09. The molecule has 2 aromatic carbocycles. The molecule has 0 saturated heterocycles. The molecule has 0 aromatic heterocycles. The van der Waals surface area contributed by atoms with Crippen LogP contribution in [0.1, 0.15) is 42.9 Å². The fraction of sp³-hybridized carbons (Fsp3) is 0.263. The molecule has 0 aliphatic heterocycles. The molecule has 0 aliphatic rings. The Morgan fingerprint density at radius 2 is 1.58 bits per heavy atom. The molecule has 0 radical (unpaired) electrons. The molecular formula is C19H19ClF2N2. The van der Waals surface area contributed by atoms with E-state index in [2.05, 4.69) is 17.1 Å². The highest BCUT2D eigenvalue weighted by Gasteiger charge is 2.09. The number of benzene rings is 2. The molecule has 0 saturated carbocycles. The highest BCUT2D eigenvalue weighted by Crippen LogP contribution is 2.16. The number of hydrogen-bond acceptors (Lipinski definition) is 2. The van der Waals surface area contributed by atoms with Gasteiger partial charge in [0.25, 0.3) is 0 Å². The van der Waals surface area contributed by atoms with Gasteiger partial charge in [-0.15, -0.1) is 0 Å². The molecule has 24 heavy (non-hydrogen) atoms. The van der Waals surface area contributed by atoms with Gasteiger partial charge in [0.1, 0.15) is 11.6 Å². The van der Waals surface area contributed by atoms with E-state index in [1.807, 2.05) is 0 Å². The molecule has 2 rings (SSSR count). The van der Waals surface area contributed by atoms with Crippen LogP contribution in [0.4, 0.5) is 8.78 Å². The van der Waals surface area contributed by atoms with E-state index in [-0.39, 0.29) is 5.56 Å². The zero-order valence-corrected chi connectivity index (χ0v) is 14.2. The van der Waals surface area contributed by atoms with Gasteiger partial charge in [0.05, 0.1) is 18.0 Å². The minimum absolute atomic E-state index is 0.178. The quantitative estimate of drug-likeness (QED) is 0.343. The van der Waals surface area contributed by atoms with E-state index in [4.69, 9.17) is 11.6 Å². The number of halogens is 3. The lowest BCUT2D eigenvalue weighted by Gasteiger charge is -2.04. The average molecular weight is 349 g/mol. The third-order valence-corrected chi connectivity index (χ3v) is 3.79. The zero-order chi connectivity index (χ0) is 17.4. The standard InChI is InChI=1S/C19H19ClF2N2/c1-2-3-4-5-15-10-18(21)17(19(22)11-15)13-24-23-12-14-6-8-16(20)9-7-14/h6-13H,2-5H2,1H3. The van der Waals surface area contributed by atoms with Gasteiger partial charge in [-0.05, 0) is 48.2 Å². The van der Waals surface area contributed by atoms with Crippen molar-refractivity contribution < 1.29 is 8.78 Å². The van der Waals surface area contributed by atoms with Gasteiger partial charge in [0.15, 0.2) is 0 Å². The van der Waals surface area contributed by atoms with E-state index < -0.39 is 11.6 Å². The van der Waals surface area contributed by atoms with Crippen LogP contribution in [0.3, 0.4) is 0 Å². The predicted molar refractivity (Wildman–Crippen MR) is 96.2 cm³/mol. The number of aryl methyl sites for hydroxylation is 1. The smallest absolute Gasteiger partial charge is 0.135 e. The number of rotatable bonds is 7. The normalized spacial score (nSPS) is 11.7. The van der Waals surface area contributed by atoms with Crippen molar-refractivity contribution in [1.82, 2.24) is 0 Å². The average Bonchev–Trinajstić information content (AvgIpc) is 2.55. The monoisotopic (exact) mass is 348 g/mol. The van der Waals surface area contributed by atoms with Gasteiger partial charge in [-0.3, -0.25) is 0 Å². The van der Waals surface area contributed by atoms with Crippen molar-refractivity contribution >= 4 is 24.0 Å². The number of unbranched alkanes of at least 4 members (excludes halogenated alkanes) is 2. The Bertz CT molecular complexity index is 702. The second-order valence-corrected chi connectivity index (χ2v) is 5.91. The molecule has 0 unspecified atom stereocenters. The first kappa shape index (κ1) is 18.3. The Hall–Kier alpha value is -2.07. The summed E-state index contributed by atoms with van der Waals surface area (Å²) in [6, 6.07) is 9.72. The van der Waals surface area contributed by atoms with E-state index in [9.17, 15) is 8.78 Å². The van der Waals surface area contributed by atoms with E-state index >= 15 is 0 Å². The fourth-order valence-electron chi connectivity index (χ4n) is 2.22. The molecule has 0 fully saturated rings. The lowest BCUT2D eigenvalue weighted by molar-refractivity contribution is 0.574. The summed E-state index contributed by atoms with van der Waals surface area (Å²) in [5, 5.41) is 8.14. The van der Waals surface area contributed by atoms with Crippen molar-refractivity contribution in [2.75, 3.05) is 0 Å². The highest BCUT2D eigenvalue weighted by molar-refractivity contribution is 6.30. The second kappa shape index (κ2) is 9.28. The van der Waals surface area contributed by atoms with Crippen LogP contribution in [0.2, 0.25) is 5.02 Å². The summed E-state index contributed by atoms with van der Waals surface area (Å²) in [5.41, 5.74) is 1.28. The van der Waals surface area contributed by atoms with Gasteiger partial charge in [0, 0.05) is 5.02 Å². The number of nitrogens with zero attached hydrogens (tertiary/aromatic N) is 2. The molecule has 0 amide bonds. The largest absolute Gasteiger partial charge is 0.206 e. The SMILES string of the molecule is CCCCCc1cc(F)c(C=NN=Cc2ccc(Cl)cc2)c(F)c1. The molecule has 0 aliphatic carbocycles. The minimum atomic E-state index is -0.619. The van der Waals surface area contributed by atoms with Gasteiger partial charge < -0.3 is 0 Å². The van der Waals surface area contributed by atoms with Crippen LogP contribution in [0.5, 0.6) is 0 Å². The first-order valence-electron chi connectivity index (χ1n) is 7.90. The van der Waals surface area contributed by atoms with Crippen molar-refractivity contribution in [3.8, 4) is 0 Å². The second-order valence-electron chi connectivity index (χ2n) is 5.47. The molecule has 0 atom stereocenters. The summed E-state index contributed by atoms with van der Waals surface area (Å²) in [6.07, 6.45) is 6.30. The molecule has 126 valence electrons. The summed E-state index contributed by atoms with van der Waals surface area (Å²) in [5.74, 6) is -1.24. The molecule has 2 aromatic rings. The first-order chi connectivity index (χ1) is 11.6. The molecule has 2 nitrogen and oxygen atoms in total. The van der Waals surface area contributed by atoms with E-state index in [0.29, 0.717) is 17.0 Å². The van der Waals surface area contributed by atoms with Gasteiger partial charge in [0.2, 0.25) is 0 Å². The number of hydrogen-bond donors (Lipinski definition) is 0. The molecule has 0 heterocycles. The zero-order valence-electron chi connectivity index (χ0n) is 13.5. The van der Waals surface area contributed by atoms with Crippen molar-refractivity contribution in [2.24, 2.45) is 10.2 Å². The maximum absolute atomic E-state index is 14.0. The minimum Gasteiger partial charge on any atom is -0.206 e. The fourth-order valence-corrected chi connectivity index (χ4v) is 2.35. The van der Waals surface area contributed by atoms with E-state index in [1.165, 1.54) is 18.3 Å². The van der Waals surface area contributed by atoms with Gasteiger partial charge in [-0.25, -0.2) is 8.78 Å². The summed E-state index contributed by atoms with van der Waals surface area (Å²) >= 11 is 5.78. The van der Waals surface area contributed by atoms with Crippen LogP contribution in [-0.2, 0) is 6.42 Å². The van der Waals surface area contributed by atoms with Gasteiger partial charge >= 0.3 is 0 Å². The van der Waals surface area contributed by atoms with Crippen molar-refractivity contribution in [3.63, 3.8) is 0 Å². The Labute approximate surface area is 145 Å². The molecular weight excluding hydrogens is 330 g/mol.